The Kier molecular flexibility index (Phi) is 10.6. The molecule has 0 aromatic heterocycles. The van der Waals surface area contributed by atoms with Gasteiger partial charge < -0.3 is 34.6 Å². The van der Waals surface area contributed by atoms with Crippen LogP contribution in [0.5, 0.6) is 0 Å². The standard InChI is InChI=1S/C36H48N4O8/c1-2-46-33(43)36-21-26(36)14-6-4-3-5-7-17-29(37-34(44)47-27-15-10-11-16-27)32(42)40-23-28(20-30(40)31(41)38-36)48-35(45)39-19-18-24-12-8-9-13-25(24)22-39/h6,8-9,12-14,26-30H,2-5,7,10-11,15-23H2,1H3,(H,37,44)(H,38,41)/b14-6-/t26-,28+,29-,30-,36+/m0/s1. The molecule has 12 heteroatoms. The Morgan fingerprint density at radius 3 is 2.54 bits per heavy atom. The molecule has 1 aromatic rings. The van der Waals surface area contributed by atoms with Gasteiger partial charge in [0.05, 0.1) is 13.2 Å². The normalized spacial score (nSPS) is 30.0. The van der Waals surface area contributed by atoms with E-state index in [0.717, 1.165) is 50.5 Å². The smallest absolute Gasteiger partial charge is 0.410 e. The van der Waals surface area contributed by atoms with E-state index in [1.165, 1.54) is 10.5 Å². The number of hydrogen-bond acceptors (Lipinski definition) is 8. The summed E-state index contributed by atoms with van der Waals surface area (Å²) in [5.74, 6) is -1.67. The van der Waals surface area contributed by atoms with Crippen molar-refractivity contribution in [2.24, 2.45) is 5.92 Å². The molecule has 2 saturated carbocycles. The first kappa shape index (κ1) is 33.8. The van der Waals surface area contributed by atoms with E-state index in [0.29, 0.717) is 38.8 Å². The van der Waals surface area contributed by atoms with Crippen molar-refractivity contribution in [1.29, 1.82) is 0 Å². The number of esters is 1. The molecule has 5 atom stereocenters. The third-order valence-electron chi connectivity index (χ3n) is 10.4. The molecular formula is C36H48N4O8. The molecule has 6 rings (SSSR count). The molecule has 1 saturated heterocycles. The van der Waals surface area contributed by atoms with Crippen LogP contribution in [0.4, 0.5) is 9.59 Å². The molecule has 0 radical (unpaired) electrons. The molecular weight excluding hydrogens is 616 g/mol. The van der Waals surface area contributed by atoms with Gasteiger partial charge in [-0.2, -0.15) is 0 Å². The molecule has 1 aromatic carbocycles. The Hall–Kier alpha value is -4.09. The molecule has 260 valence electrons. The quantitative estimate of drug-likeness (QED) is 0.272. The number of hydrogen-bond donors (Lipinski definition) is 2. The van der Waals surface area contributed by atoms with Gasteiger partial charge in [0.2, 0.25) is 11.8 Å². The Morgan fingerprint density at radius 2 is 1.75 bits per heavy atom. The first-order valence-electron chi connectivity index (χ1n) is 17.7. The van der Waals surface area contributed by atoms with Crippen LogP contribution in [0, 0.1) is 5.92 Å². The largest absolute Gasteiger partial charge is 0.464 e. The van der Waals surface area contributed by atoms with Crippen molar-refractivity contribution < 1.29 is 38.2 Å². The molecule has 2 N–H and O–H groups in total. The van der Waals surface area contributed by atoms with Crippen LogP contribution < -0.4 is 10.6 Å². The molecule has 4 amide bonds. The number of rotatable bonds is 5. The predicted molar refractivity (Wildman–Crippen MR) is 174 cm³/mol. The van der Waals surface area contributed by atoms with Crippen LogP contribution in [0.1, 0.15) is 88.7 Å². The van der Waals surface area contributed by atoms with Crippen molar-refractivity contribution in [3.05, 3.63) is 47.5 Å². The van der Waals surface area contributed by atoms with Crippen LogP contribution in [0.15, 0.2) is 36.4 Å². The van der Waals surface area contributed by atoms with Gasteiger partial charge in [-0.05, 0) is 75.8 Å². The van der Waals surface area contributed by atoms with E-state index < -0.39 is 53.7 Å². The Balaban J connectivity index is 1.22. The monoisotopic (exact) mass is 664 g/mol. The average Bonchev–Trinajstić information content (AvgIpc) is 3.36. The summed E-state index contributed by atoms with van der Waals surface area (Å²) in [6.07, 6.45) is 10.3. The van der Waals surface area contributed by atoms with E-state index in [4.69, 9.17) is 14.2 Å². The van der Waals surface area contributed by atoms with E-state index in [1.807, 2.05) is 30.4 Å². The molecule has 3 aliphatic heterocycles. The zero-order chi connectivity index (χ0) is 33.7. The van der Waals surface area contributed by atoms with E-state index in [9.17, 15) is 24.0 Å². The highest BCUT2D eigenvalue weighted by Gasteiger charge is 2.62. The summed E-state index contributed by atoms with van der Waals surface area (Å²) in [4.78, 5) is 70.9. The molecule has 12 nitrogen and oxygen atoms in total. The topological polar surface area (TPSA) is 144 Å². The van der Waals surface area contributed by atoms with E-state index in [2.05, 4.69) is 16.7 Å². The summed E-state index contributed by atoms with van der Waals surface area (Å²) >= 11 is 0. The van der Waals surface area contributed by atoms with Gasteiger partial charge in [-0.25, -0.2) is 14.4 Å². The number of allylic oxidation sites excluding steroid dienone is 1. The van der Waals surface area contributed by atoms with Crippen LogP contribution >= 0.6 is 0 Å². The van der Waals surface area contributed by atoms with Crippen molar-refractivity contribution in [2.45, 2.75) is 120 Å². The first-order valence-corrected chi connectivity index (χ1v) is 17.7. The number of fused-ring (bicyclic) bond motifs is 3. The lowest BCUT2D eigenvalue weighted by Gasteiger charge is -2.30. The number of benzene rings is 1. The number of nitrogens with zero attached hydrogens (tertiary/aromatic N) is 2. The van der Waals surface area contributed by atoms with Crippen molar-refractivity contribution >= 4 is 30.0 Å². The average molecular weight is 665 g/mol. The number of alkyl carbamates (subject to hydrolysis) is 1. The lowest BCUT2D eigenvalue weighted by molar-refractivity contribution is -0.150. The first-order chi connectivity index (χ1) is 23.3. The number of carbonyl (C=O) groups is 5. The Bertz CT molecular complexity index is 1410. The Morgan fingerprint density at radius 1 is 0.979 bits per heavy atom. The molecule has 48 heavy (non-hydrogen) atoms. The van der Waals surface area contributed by atoms with Gasteiger partial charge in [-0.1, -0.05) is 49.3 Å². The second kappa shape index (κ2) is 15.0. The number of carbonyl (C=O) groups excluding carboxylic acids is 5. The summed E-state index contributed by atoms with van der Waals surface area (Å²) < 4.78 is 17.0. The van der Waals surface area contributed by atoms with E-state index in [-0.39, 0.29) is 31.6 Å². The van der Waals surface area contributed by atoms with Gasteiger partial charge in [-0.15, -0.1) is 0 Å². The number of ether oxygens (including phenoxy) is 3. The van der Waals surface area contributed by atoms with Crippen LogP contribution in [-0.4, -0.2) is 89.3 Å². The van der Waals surface area contributed by atoms with Crippen LogP contribution in [0.2, 0.25) is 0 Å². The van der Waals surface area contributed by atoms with Gasteiger partial charge in [-0.3, -0.25) is 9.59 Å². The molecule has 3 fully saturated rings. The summed E-state index contributed by atoms with van der Waals surface area (Å²) in [5, 5.41) is 5.75. The van der Waals surface area contributed by atoms with Crippen molar-refractivity contribution in [1.82, 2.24) is 20.4 Å². The van der Waals surface area contributed by atoms with Gasteiger partial charge in [0, 0.05) is 25.4 Å². The van der Waals surface area contributed by atoms with Crippen LogP contribution in [0.25, 0.3) is 0 Å². The zero-order valence-electron chi connectivity index (χ0n) is 27.8. The second-order valence-corrected chi connectivity index (χ2v) is 13.8. The van der Waals surface area contributed by atoms with Crippen molar-refractivity contribution in [2.75, 3.05) is 19.7 Å². The van der Waals surface area contributed by atoms with Crippen molar-refractivity contribution in [3.63, 3.8) is 0 Å². The fraction of sp³-hybridized carbons (Fsp3) is 0.639. The summed E-state index contributed by atoms with van der Waals surface area (Å²) in [6.45, 7) is 2.79. The van der Waals surface area contributed by atoms with Gasteiger partial charge in [0.15, 0.2) is 0 Å². The number of amides is 4. The highest BCUT2D eigenvalue weighted by molar-refractivity contribution is 5.96. The lowest BCUT2D eigenvalue weighted by atomic mass is 10.0. The third-order valence-corrected chi connectivity index (χ3v) is 10.4. The summed E-state index contributed by atoms with van der Waals surface area (Å²) in [5.41, 5.74) is 1.05. The minimum absolute atomic E-state index is 0.0152. The minimum atomic E-state index is -1.21. The van der Waals surface area contributed by atoms with E-state index in [1.54, 1.807) is 11.8 Å². The van der Waals surface area contributed by atoms with Gasteiger partial charge in [0.1, 0.15) is 29.8 Å². The van der Waals surface area contributed by atoms with Crippen LogP contribution in [0.3, 0.4) is 0 Å². The summed E-state index contributed by atoms with van der Waals surface area (Å²) in [7, 11) is 0. The number of nitrogens with one attached hydrogen (secondary N) is 2. The highest BCUT2D eigenvalue weighted by atomic mass is 16.6. The third kappa shape index (κ3) is 7.63. The van der Waals surface area contributed by atoms with Crippen LogP contribution in [-0.2, 0) is 41.6 Å². The zero-order valence-corrected chi connectivity index (χ0v) is 27.8. The molecule has 3 heterocycles. The maximum absolute atomic E-state index is 14.3. The fourth-order valence-corrected chi connectivity index (χ4v) is 7.60. The Labute approximate surface area is 281 Å². The maximum atomic E-state index is 14.3. The van der Waals surface area contributed by atoms with E-state index >= 15 is 0 Å². The minimum Gasteiger partial charge on any atom is -0.464 e. The molecule has 2 aliphatic carbocycles. The predicted octanol–water partition coefficient (Wildman–Crippen LogP) is 4.15. The summed E-state index contributed by atoms with van der Waals surface area (Å²) in [6, 6.07) is 6.04. The maximum Gasteiger partial charge on any atom is 0.410 e. The molecule has 0 bridgehead atoms. The lowest BCUT2D eigenvalue weighted by Crippen LogP contribution is -2.56. The molecule has 0 unspecified atom stereocenters. The molecule has 5 aliphatic rings. The highest BCUT2D eigenvalue weighted by Crippen LogP contribution is 2.46. The van der Waals surface area contributed by atoms with Gasteiger partial charge in [0.25, 0.3) is 0 Å². The second-order valence-electron chi connectivity index (χ2n) is 13.8. The molecule has 0 spiro atoms. The van der Waals surface area contributed by atoms with Gasteiger partial charge >= 0.3 is 18.2 Å². The fourth-order valence-electron chi connectivity index (χ4n) is 7.60. The SMILES string of the molecule is CCOC(=O)[C@@]12C[C@@H]1/C=C\CCCCC[C@H](NC(=O)OC1CCCC1)C(=O)N1C[C@H](OC(=O)N3CCc4ccccc4C3)C[C@H]1C(=O)N2. The van der Waals surface area contributed by atoms with Crippen molar-refractivity contribution in [3.8, 4) is 0 Å².